The summed E-state index contributed by atoms with van der Waals surface area (Å²) in [6.45, 7) is 0. The van der Waals surface area contributed by atoms with Crippen LogP contribution in [-0.2, 0) is 7.05 Å². The second-order valence-electron chi connectivity index (χ2n) is 2.71. The number of hydrogen-bond donors (Lipinski definition) is 1. The van der Waals surface area contributed by atoms with E-state index in [0.717, 1.165) is 11.1 Å². The van der Waals surface area contributed by atoms with Crippen LogP contribution in [0.4, 0.5) is 5.69 Å². The molecular weight excluding hydrogens is 136 g/mol. The van der Waals surface area contributed by atoms with Crippen LogP contribution < -0.4 is 5.73 Å². The number of fused-ring (bicyclic) bond motifs is 1. The maximum Gasteiger partial charge on any atom is 0.0573 e. The fourth-order valence-corrected chi connectivity index (χ4v) is 1.37. The highest BCUT2D eigenvalue weighted by Crippen LogP contribution is 2.21. The van der Waals surface area contributed by atoms with E-state index in [1.807, 2.05) is 36.0 Å². The Labute approximate surface area is 65.2 Å². The maximum atomic E-state index is 5.76. The fourth-order valence-electron chi connectivity index (χ4n) is 1.37. The van der Waals surface area contributed by atoms with Crippen molar-refractivity contribution in [3.05, 3.63) is 30.5 Å². The van der Waals surface area contributed by atoms with E-state index in [1.165, 1.54) is 5.52 Å². The number of rotatable bonds is 0. The van der Waals surface area contributed by atoms with Crippen LogP contribution in [0.15, 0.2) is 30.5 Å². The minimum Gasteiger partial charge on any atom is -0.397 e. The van der Waals surface area contributed by atoms with Crippen molar-refractivity contribution >= 4 is 16.6 Å². The van der Waals surface area contributed by atoms with Crippen molar-refractivity contribution in [3.8, 4) is 0 Å². The number of para-hydroxylation sites is 1. The van der Waals surface area contributed by atoms with Gasteiger partial charge in [0.25, 0.3) is 0 Å². The van der Waals surface area contributed by atoms with E-state index in [-0.39, 0.29) is 0 Å². The summed E-state index contributed by atoms with van der Waals surface area (Å²) in [6.07, 6.45) is 1.94. The quantitative estimate of drug-likeness (QED) is 0.603. The zero-order valence-corrected chi connectivity index (χ0v) is 6.41. The molecule has 0 saturated carbocycles. The van der Waals surface area contributed by atoms with E-state index in [0.29, 0.717) is 0 Å². The Morgan fingerprint density at radius 2 is 2.00 bits per heavy atom. The third-order valence-electron chi connectivity index (χ3n) is 1.93. The molecule has 1 heterocycles. The molecule has 0 radical (unpaired) electrons. The molecule has 0 spiro atoms. The lowest BCUT2D eigenvalue weighted by molar-refractivity contribution is 0.970. The zero-order valence-electron chi connectivity index (χ0n) is 6.41. The predicted octanol–water partition coefficient (Wildman–Crippen LogP) is 1.76. The first-order valence-electron chi connectivity index (χ1n) is 3.58. The molecule has 2 N–H and O–H groups in total. The Bertz CT molecular complexity index is 351. The normalized spacial score (nSPS) is 10.6. The largest absolute Gasteiger partial charge is 0.397 e. The van der Waals surface area contributed by atoms with Gasteiger partial charge in [0.1, 0.15) is 0 Å². The molecule has 0 unspecified atom stereocenters. The van der Waals surface area contributed by atoms with E-state index in [1.54, 1.807) is 0 Å². The molecule has 1 aromatic heterocycles. The van der Waals surface area contributed by atoms with E-state index < -0.39 is 0 Å². The van der Waals surface area contributed by atoms with Gasteiger partial charge in [-0.1, -0.05) is 18.2 Å². The number of nitrogen functional groups attached to an aromatic ring is 1. The molecule has 1 aromatic carbocycles. The van der Waals surface area contributed by atoms with Crippen LogP contribution in [0.5, 0.6) is 0 Å². The van der Waals surface area contributed by atoms with Gasteiger partial charge >= 0.3 is 0 Å². The molecule has 2 aromatic rings. The van der Waals surface area contributed by atoms with Crippen LogP contribution in [0.3, 0.4) is 0 Å². The van der Waals surface area contributed by atoms with Gasteiger partial charge in [-0.25, -0.2) is 0 Å². The first-order valence-corrected chi connectivity index (χ1v) is 3.58. The van der Waals surface area contributed by atoms with Crippen molar-refractivity contribution in [2.75, 3.05) is 5.73 Å². The van der Waals surface area contributed by atoms with Crippen LogP contribution in [0.2, 0.25) is 0 Å². The van der Waals surface area contributed by atoms with Crippen molar-refractivity contribution < 1.29 is 0 Å². The summed E-state index contributed by atoms with van der Waals surface area (Å²) < 4.78 is 2.03. The number of hydrogen-bond acceptors (Lipinski definition) is 1. The molecule has 0 aliphatic carbocycles. The van der Waals surface area contributed by atoms with Crippen molar-refractivity contribution in [2.24, 2.45) is 7.05 Å². The molecule has 11 heavy (non-hydrogen) atoms. The molecular formula is C9H10N2. The average molecular weight is 146 g/mol. The molecule has 2 nitrogen and oxygen atoms in total. The highest BCUT2D eigenvalue weighted by molar-refractivity contribution is 5.91. The lowest BCUT2D eigenvalue weighted by atomic mass is 10.2. The third-order valence-corrected chi connectivity index (χ3v) is 1.93. The van der Waals surface area contributed by atoms with Gasteiger partial charge in [-0.15, -0.1) is 0 Å². The first kappa shape index (κ1) is 6.28. The summed E-state index contributed by atoms with van der Waals surface area (Å²) in [6, 6.07) is 8.11. The van der Waals surface area contributed by atoms with Crippen LogP contribution in [0, 0.1) is 0 Å². The lowest BCUT2D eigenvalue weighted by Crippen LogP contribution is -1.82. The number of aromatic nitrogens is 1. The fraction of sp³-hybridized carbons (Fsp3) is 0.111. The van der Waals surface area contributed by atoms with Gasteiger partial charge in [0, 0.05) is 24.1 Å². The van der Waals surface area contributed by atoms with Crippen LogP contribution in [0.25, 0.3) is 10.9 Å². The highest BCUT2D eigenvalue weighted by atomic mass is 14.9. The summed E-state index contributed by atoms with van der Waals surface area (Å²) >= 11 is 0. The predicted molar refractivity (Wildman–Crippen MR) is 47.3 cm³/mol. The Balaban J connectivity index is 2.95. The SMILES string of the molecule is Cn1cc(N)c2ccccc21. The summed E-state index contributed by atoms with van der Waals surface area (Å²) in [5, 5.41) is 1.13. The van der Waals surface area contributed by atoms with Gasteiger partial charge < -0.3 is 10.3 Å². The highest BCUT2D eigenvalue weighted by Gasteiger charge is 1.99. The average Bonchev–Trinajstić information content (AvgIpc) is 2.30. The molecule has 0 aliphatic heterocycles. The van der Waals surface area contributed by atoms with Gasteiger partial charge in [0.2, 0.25) is 0 Å². The Kier molecular flexibility index (Phi) is 1.15. The number of aryl methyl sites for hydroxylation is 1. The molecule has 56 valence electrons. The van der Waals surface area contributed by atoms with Gasteiger partial charge in [-0.05, 0) is 6.07 Å². The van der Waals surface area contributed by atoms with Gasteiger partial charge in [0.05, 0.1) is 5.69 Å². The van der Waals surface area contributed by atoms with Gasteiger partial charge in [-0.2, -0.15) is 0 Å². The Morgan fingerprint density at radius 1 is 1.27 bits per heavy atom. The summed E-state index contributed by atoms with van der Waals surface area (Å²) in [5.74, 6) is 0. The summed E-state index contributed by atoms with van der Waals surface area (Å²) in [7, 11) is 2.00. The molecule has 2 heteroatoms. The Morgan fingerprint density at radius 3 is 2.73 bits per heavy atom. The van der Waals surface area contributed by atoms with Crippen molar-refractivity contribution in [1.29, 1.82) is 0 Å². The van der Waals surface area contributed by atoms with E-state index in [9.17, 15) is 0 Å². The van der Waals surface area contributed by atoms with Gasteiger partial charge in [-0.3, -0.25) is 0 Å². The molecule has 0 aliphatic rings. The monoisotopic (exact) mass is 146 g/mol. The molecule has 0 bridgehead atoms. The number of benzene rings is 1. The molecule has 0 saturated heterocycles. The molecule has 0 atom stereocenters. The van der Waals surface area contributed by atoms with Crippen molar-refractivity contribution in [3.63, 3.8) is 0 Å². The summed E-state index contributed by atoms with van der Waals surface area (Å²) in [5.41, 5.74) is 7.79. The number of nitrogens with two attached hydrogens (primary N) is 1. The lowest BCUT2D eigenvalue weighted by Gasteiger charge is -1.92. The van der Waals surface area contributed by atoms with Crippen LogP contribution in [0.1, 0.15) is 0 Å². The van der Waals surface area contributed by atoms with E-state index in [2.05, 4.69) is 6.07 Å². The molecule has 2 rings (SSSR count). The van der Waals surface area contributed by atoms with Crippen LogP contribution >= 0.6 is 0 Å². The standard InChI is InChI=1S/C9H10N2/c1-11-6-8(10)7-4-2-3-5-9(7)11/h2-6H,10H2,1H3. The first-order chi connectivity index (χ1) is 5.29. The maximum absolute atomic E-state index is 5.76. The zero-order chi connectivity index (χ0) is 7.84. The van der Waals surface area contributed by atoms with Crippen molar-refractivity contribution in [2.45, 2.75) is 0 Å². The summed E-state index contributed by atoms with van der Waals surface area (Å²) in [4.78, 5) is 0. The third kappa shape index (κ3) is 0.792. The topological polar surface area (TPSA) is 30.9 Å². The second kappa shape index (κ2) is 2.02. The van der Waals surface area contributed by atoms with Crippen molar-refractivity contribution in [1.82, 2.24) is 4.57 Å². The second-order valence-corrected chi connectivity index (χ2v) is 2.71. The Hall–Kier alpha value is -1.44. The number of anilines is 1. The van der Waals surface area contributed by atoms with E-state index in [4.69, 9.17) is 5.73 Å². The van der Waals surface area contributed by atoms with Crippen LogP contribution in [-0.4, -0.2) is 4.57 Å². The number of nitrogens with zero attached hydrogens (tertiary/aromatic N) is 1. The minimum atomic E-state index is 0.850. The molecule has 0 fully saturated rings. The smallest absolute Gasteiger partial charge is 0.0573 e. The molecule has 0 amide bonds. The van der Waals surface area contributed by atoms with Gasteiger partial charge in [0.15, 0.2) is 0 Å². The van der Waals surface area contributed by atoms with E-state index >= 15 is 0 Å². The minimum absolute atomic E-state index is 0.850.